The molecule has 0 amide bonds. The van der Waals surface area contributed by atoms with Crippen LogP contribution in [-0.2, 0) is 29.3 Å². The maximum atomic E-state index is 4.52. The molecule has 1 fully saturated rings. The summed E-state index contributed by atoms with van der Waals surface area (Å²) in [5, 5.41) is 5.14. The van der Waals surface area contributed by atoms with E-state index in [-0.39, 0.29) is 17.1 Å². The Morgan fingerprint density at radius 1 is 1.00 bits per heavy atom. The van der Waals surface area contributed by atoms with Crippen molar-refractivity contribution in [3.8, 4) is 0 Å². The average Bonchev–Trinajstić information content (AvgIpc) is 2.64. The van der Waals surface area contributed by atoms with Gasteiger partial charge in [-0.15, -0.1) is 0 Å². The molecule has 0 aliphatic carbocycles. The van der Waals surface area contributed by atoms with Gasteiger partial charge >= 0.3 is 17.1 Å². The van der Waals surface area contributed by atoms with Gasteiger partial charge in [0.2, 0.25) is 0 Å². The van der Waals surface area contributed by atoms with Crippen molar-refractivity contribution in [2.75, 3.05) is 13.1 Å². The number of likely N-dealkylation sites (tertiary alicyclic amines) is 1. The largest absolute Gasteiger partial charge is 2.00 e. The van der Waals surface area contributed by atoms with E-state index in [1.165, 1.54) is 19.3 Å². The normalized spacial score (nSPS) is 15.4. The van der Waals surface area contributed by atoms with Crippen molar-refractivity contribution in [3.63, 3.8) is 0 Å². The molecule has 127 valence electrons. The maximum Gasteiger partial charge on any atom is 2.00 e. The second kappa shape index (κ2) is 9.64. The third-order valence-electron chi connectivity index (χ3n) is 3.83. The number of rotatable bonds is 3. The summed E-state index contributed by atoms with van der Waals surface area (Å²) in [6.07, 6.45) is 5.43. The van der Waals surface area contributed by atoms with E-state index in [4.69, 9.17) is 0 Å². The van der Waals surface area contributed by atoms with Gasteiger partial charge in [0.25, 0.3) is 0 Å². The molecule has 0 atom stereocenters. The molecule has 6 heteroatoms. The van der Waals surface area contributed by atoms with E-state index < -0.39 is 0 Å². The van der Waals surface area contributed by atoms with E-state index in [9.17, 15) is 0 Å². The third kappa shape index (κ3) is 4.95. The van der Waals surface area contributed by atoms with Gasteiger partial charge in [0.1, 0.15) is 0 Å². The smallest absolute Gasteiger partial charge is 0.514 e. The quantitative estimate of drug-likeness (QED) is 0.203. The van der Waals surface area contributed by atoms with Crippen molar-refractivity contribution in [1.82, 2.24) is 9.88 Å². The molecule has 1 aromatic carbocycles. The van der Waals surface area contributed by atoms with Crippen LogP contribution in [0, 0.1) is 0 Å². The average molecular weight is 388 g/mol. The molecule has 1 aromatic heterocycles. The molecule has 3 rings (SSSR count). The first-order chi connectivity index (χ1) is 11.3. The Labute approximate surface area is 158 Å². The van der Waals surface area contributed by atoms with Gasteiger partial charge in [0, 0.05) is 24.8 Å². The van der Waals surface area contributed by atoms with Crippen molar-refractivity contribution < 1.29 is 17.1 Å². The van der Waals surface area contributed by atoms with Gasteiger partial charge in [-0.25, -0.2) is 4.90 Å². The van der Waals surface area contributed by atoms with Crippen LogP contribution in [0.1, 0.15) is 30.5 Å². The maximum absolute atomic E-state index is 4.52. The summed E-state index contributed by atoms with van der Waals surface area (Å²) in [7, 11) is 0. The molecule has 4 nitrogen and oxygen atoms in total. The molecule has 1 saturated heterocycles. The van der Waals surface area contributed by atoms with Crippen molar-refractivity contribution in [3.05, 3.63) is 71.4 Å². The number of hydrogen-bond acceptors (Lipinski definition) is 2. The van der Waals surface area contributed by atoms with Crippen LogP contribution in [0.3, 0.4) is 0 Å². The summed E-state index contributed by atoms with van der Waals surface area (Å²) in [6, 6.07) is 15.8. The van der Waals surface area contributed by atoms with Crippen molar-refractivity contribution in [1.29, 1.82) is 0 Å². The van der Waals surface area contributed by atoms with E-state index in [0.717, 1.165) is 30.1 Å². The number of thiol groups is 1. The molecule has 1 radical (unpaired) electrons. The van der Waals surface area contributed by atoms with Crippen LogP contribution in [-0.4, -0.2) is 33.8 Å². The number of benzene rings is 1. The molecule has 2 aromatic rings. The van der Waals surface area contributed by atoms with Crippen LogP contribution in [0.5, 0.6) is 0 Å². The molecular formula is C18H20CuN4S+2. The van der Waals surface area contributed by atoms with E-state index in [2.05, 4.69) is 32.6 Å². The number of aromatic nitrogens is 1. The first-order valence-corrected chi connectivity index (χ1v) is 8.36. The van der Waals surface area contributed by atoms with Gasteiger partial charge in [-0.1, -0.05) is 42.8 Å². The van der Waals surface area contributed by atoms with Crippen LogP contribution in [0.15, 0.2) is 59.8 Å². The summed E-state index contributed by atoms with van der Waals surface area (Å²) in [5.74, 6) is 0. The van der Waals surface area contributed by atoms with Crippen LogP contribution >= 0.6 is 0 Å². The molecule has 1 aliphatic heterocycles. The van der Waals surface area contributed by atoms with Gasteiger partial charge in [-0.2, -0.15) is 0 Å². The first kappa shape index (κ1) is 18.7. The third-order valence-corrected chi connectivity index (χ3v) is 4.21. The minimum Gasteiger partial charge on any atom is -0.514 e. The molecule has 0 unspecified atom stereocenters. The van der Waals surface area contributed by atoms with Crippen molar-refractivity contribution in [2.24, 2.45) is 5.10 Å². The standard InChI is InChI=1S/C18H20N4S.Cu/c23-18(22-13-7-2-8-14-22)21-20-17(15-9-3-1-4-10-15)16-11-5-6-12-19-16;/h1,3-6,9-12H,2,7-8,13-14H2,(H,19,21,23);/q;+2. The number of nitrogens with zero attached hydrogens (tertiary/aromatic N) is 4. The monoisotopic (exact) mass is 387 g/mol. The zero-order chi connectivity index (χ0) is 15.9. The SMILES string of the molecule is [Cu+2].[SH+]=C([N-]N=C(c1ccccc1)c1ccccn1)N1CCCCC1. The summed E-state index contributed by atoms with van der Waals surface area (Å²) in [4.78, 5) is 6.59. The van der Waals surface area contributed by atoms with Crippen molar-refractivity contribution >= 4 is 23.0 Å². The minimum atomic E-state index is 0. The second-order valence-electron chi connectivity index (χ2n) is 5.48. The molecule has 1 aliphatic rings. The van der Waals surface area contributed by atoms with Gasteiger partial charge < -0.3 is 10.5 Å². The Balaban J connectivity index is 0.00000208. The van der Waals surface area contributed by atoms with Crippen LogP contribution in [0.2, 0.25) is 0 Å². The number of piperidine rings is 1. The van der Waals surface area contributed by atoms with Gasteiger partial charge in [-0.3, -0.25) is 4.98 Å². The van der Waals surface area contributed by atoms with Crippen LogP contribution < -0.4 is 0 Å². The molecule has 0 bridgehead atoms. The minimum absolute atomic E-state index is 0. The van der Waals surface area contributed by atoms with E-state index >= 15 is 0 Å². The molecule has 0 spiro atoms. The zero-order valence-corrected chi connectivity index (χ0v) is 15.1. The molecule has 2 heterocycles. The Kier molecular flexibility index (Phi) is 7.53. The van der Waals surface area contributed by atoms with E-state index in [1.807, 2.05) is 48.5 Å². The number of hydrogen-bond donors (Lipinski definition) is 0. The second-order valence-corrected chi connectivity index (χ2v) is 5.88. The summed E-state index contributed by atoms with van der Waals surface area (Å²) >= 11 is 4.52. The summed E-state index contributed by atoms with van der Waals surface area (Å²) < 4.78 is 0. The van der Waals surface area contributed by atoms with Gasteiger partial charge in [0.15, 0.2) is 17.3 Å². The summed E-state index contributed by atoms with van der Waals surface area (Å²) in [6.45, 7) is 2.00. The fourth-order valence-corrected chi connectivity index (χ4v) is 2.85. The van der Waals surface area contributed by atoms with Crippen LogP contribution in [0.25, 0.3) is 5.43 Å². The Hall–Kier alpha value is -1.59. The van der Waals surface area contributed by atoms with Gasteiger partial charge in [0.05, 0.1) is 11.4 Å². The molecule has 0 saturated carbocycles. The molecule has 0 N–H and O–H groups in total. The van der Waals surface area contributed by atoms with E-state index in [1.54, 1.807) is 6.20 Å². The predicted molar refractivity (Wildman–Crippen MR) is 98.9 cm³/mol. The Morgan fingerprint density at radius 2 is 1.71 bits per heavy atom. The molecular weight excluding hydrogens is 368 g/mol. The fourth-order valence-electron chi connectivity index (χ4n) is 2.61. The Morgan fingerprint density at radius 3 is 2.38 bits per heavy atom. The first-order valence-electron chi connectivity index (χ1n) is 7.91. The zero-order valence-electron chi connectivity index (χ0n) is 13.3. The van der Waals surface area contributed by atoms with E-state index in [0.29, 0.717) is 5.11 Å². The van der Waals surface area contributed by atoms with Crippen molar-refractivity contribution in [2.45, 2.75) is 19.3 Å². The molecule has 24 heavy (non-hydrogen) atoms. The predicted octanol–water partition coefficient (Wildman–Crippen LogP) is 3.06. The Bertz CT molecular complexity index is 628. The van der Waals surface area contributed by atoms with Crippen LogP contribution in [0.4, 0.5) is 0 Å². The summed E-state index contributed by atoms with van der Waals surface area (Å²) in [5.41, 5.74) is 6.92. The number of pyridine rings is 1. The topological polar surface area (TPSA) is 42.6 Å². The van der Waals surface area contributed by atoms with Gasteiger partial charge in [-0.05, 0) is 25.0 Å². The fraction of sp³-hybridized carbons (Fsp3) is 0.278.